The first kappa shape index (κ1) is 16.0. The molecule has 2 aliphatic rings. The van der Waals surface area contributed by atoms with Crippen LogP contribution in [0.2, 0.25) is 0 Å². The standard InChI is InChI=1S/C12H17F4N3O2/c13-10(14)12(15,16)11(21)19-5-1-2-8(19)9(20)18-6-3-17-4-7-18/h8,10,17H,1-7H2. The fourth-order valence-corrected chi connectivity index (χ4v) is 2.65. The van der Waals surface area contributed by atoms with E-state index in [1.54, 1.807) is 0 Å². The number of hydrogen-bond donors (Lipinski definition) is 1. The molecule has 1 unspecified atom stereocenters. The summed E-state index contributed by atoms with van der Waals surface area (Å²) >= 11 is 0. The van der Waals surface area contributed by atoms with E-state index in [4.69, 9.17) is 0 Å². The summed E-state index contributed by atoms with van der Waals surface area (Å²) in [7, 11) is 0. The van der Waals surface area contributed by atoms with Gasteiger partial charge in [0.15, 0.2) is 0 Å². The largest absolute Gasteiger partial charge is 0.383 e. The molecule has 2 aliphatic heterocycles. The summed E-state index contributed by atoms with van der Waals surface area (Å²) in [6.45, 7) is 1.91. The van der Waals surface area contributed by atoms with E-state index in [1.807, 2.05) is 0 Å². The summed E-state index contributed by atoms with van der Waals surface area (Å²) in [4.78, 5) is 26.0. The number of piperazine rings is 1. The maximum Gasteiger partial charge on any atom is 0.383 e. The fraction of sp³-hybridized carbons (Fsp3) is 0.833. The second-order valence-electron chi connectivity index (χ2n) is 5.16. The van der Waals surface area contributed by atoms with Crippen molar-refractivity contribution in [1.82, 2.24) is 15.1 Å². The van der Waals surface area contributed by atoms with E-state index < -0.39 is 30.2 Å². The molecule has 5 nitrogen and oxygen atoms in total. The molecule has 0 saturated carbocycles. The molecule has 2 amide bonds. The van der Waals surface area contributed by atoms with E-state index in [9.17, 15) is 27.2 Å². The van der Waals surface area contributed by atoms with Gasteiger partial charge in [0.2, 0.25) is 5.91 Å². The lowest BCUT2D eigenvalue weighted by Crippen LogP contribution is -2.56. The molecule has 0 bridgehead atoms. The maximum atomic E-state index is 13.2. The third-order valence-electron chi connectivity index (χ3n) is 3.79. The number of carbonyl (C=O) groups is 2. The Morgan fingerprint density at radius 2 is 1.76 bits per heavy atom. The summed E-state index contributed by atoms with van der Waals surface area (Å²) in [5.41, 5.74) is 0. The molecule has 0 aromatic carbocycles. The lowest BCUT2D eigenvalue weighted by molar-refractivity contribution is -0.182. The Kier molecular flexibility index (Phi) is 4.70. The van der Waals surface area contributed by atoms with Crippen LogP contribution in [0.25, 0.3) is 0 Å². The number of nitrogens with one attached hydrogen (secondary N) is 1. The molecule has 9 heteroatoms. The van der Waals surface area contributed by atoms with E-state index in [0.29, 0.717) is 37.5 Å². The Balaban J connectivity index is 2.09. The predicted octanol–water partition coefficient (Wildman–Crippen LogP) is 0.310. The normalized spacial score (nSPS) is 23.8. The van der Waals surface area contributed by atoms with Crippen molar-refractivity contribution in [2.75, 3.05) is 32.7 Å². The molecule has 0 spiro atoms. The van der Waals surface area contributed by atoms with Gasteiger partial charge < -0.3 is 15.1 Å². The smallest absolute Gasteiger partial charge is 0.338 e. The van der Waals surface area contributed by atoms with Gasteiger partial charge in [0.1, 0.15) is 6.04 Å². The summed E-state index contributed by atoms with van der Waals surface area (Å²) in [6, 6.07) is -1.06. The van der Waals surface area contributed by atoms with Gasteiger partial charge >= 0.3 is 12.3 Å². The van der Waals surface area contributed by atoms with Crippen molar-refractivity contribution in [1.29, 1.82) is 0 Å². The van der Waals surface area contributed by atoms with Crippen molar-refractivity contribution in [2.24, 2.45) is 0 Å². The Hall–Kier alpha value is -1.38. The lowest BCUT2D eigenvalue weighted by Gasteiger charge is -2.33. The molecule has 0 aromatic rings. The third kappa shape index (κ3) is 3.12. The van der Waals surface area contributed by atoms with Crippen molar-refractivity contribution >= 4 is 11.8 Å². The van der Waals surface area contributed by atoms with Crippen LogP contribution in [0.5, 0.6) is 0 Å². The van der Waals surface area contributed by atoms with E-state index in [1.165, 1.54) is 4.90 Å². The zero-order chi connectivity index (χ0) is 15.6. The van der Waals surface area contributed by atoms with Crippen LogP contribution in [-0.4, -0.2) is 72.7 Å². The van der Waals surface area contributed by atoms with Crippen LogP contribution < -0.4 is 5.32 Å². The predicted molar refractivity (Wildman–Crippen MR) is 65.1 cm³/mol. The highest BCUT2D eigenvalue weighted by Crippen LogP contribution is 2.30. The fourth-order valence-electron chi connectivity index (χ4n) is 2.65. The number of amides is 2. The zero-order valence-electron chi connectivity index (χ0n) is 11.3. The minimum atomic E-state index is -4.74. The summed E-state index contributed by atoms with van der Waals surface area (Å²) in [5.74, 6) is -7.14. The lowest BCUT2D eigenvalue weighted by atomic mass is 10.1. The first-order valence-electron chi connectivity index (χ1n) is 6.82. The number of carbonyl (C=O) groups excluding carboxylic acids is 2. The average Bonchev–Trinajstić information content (AvgIpc) is 2.95. The summed E-state index contributed by atoms with van der Waals surface area (Å²) in [6.07, 6.45) is -3.48. The van der Waals surface area contributed by atoms with Crippen LogP contribution >= 0.6 is 0 Å². The van der Waals surface area contributed by atoms with Gasteiger partial charge in [-0.15, -0.1) is 0 Å². The van der Waals surface area contributed by atoms with Gasteiger partial charge in [-0.05, 0) is 12.8 Å². The van der Waals surface area contributed by atoms with Gasteiger partial charge in [0.05, 0.1) is 0 Å². The molecule has 2 heterocycles. The minimum absolute atomic E-state index is 0.0936. The zero-order valence-corrected chi connectivity index (χ0v) is 11.3. The first-order valence-corrected chi connectivity index (χ1v) is 6.82. The molecule has 2 saturated heterocycles. The van der Waals surface area contributed by atoms with Gasteiger partial charge in [0.25, 0.3) is 5.91 Å². The molecule has 0 aromatic heterocycles. The topological polar surface area (TPSA) is 52.7 Å². The Morgan fingerprint density at radius 1 is 1.14 bits per heavy atom. The second kappa shape index (κ2) is 6.17. The molecular formula is C12H17F4N3O2. The Bertz CT molecular complexity index is 413. The highest BCUT2D eigenvalue weighted by molar-refractivity contribution is 5.91. The molecule has 120 valence electrons. The molecule has 1 N–H and O–H groups in total. The van der Waals surface area contributed by atoms with Gasteiger partial charge in [-0.2, -0.15) is 8.78 Å². The SMILES string of the molecule is O=C(C1CCCN1C(=O)C(F)(F)C(F)F)N1CCNCC1. The molecule has 2 fully saturated rings. The van der Waals surface area contributed by atoms with E-state index >= 15 is 0 Å². The molecule has 21 heavy (non-hydrogen) atoms. The quantitative estimate of drug-likeness (QED) is 0.763. The van der Waals surface area contributed by atoms with Crippen molar-refractivity contribution in [3.05, 3.63) is 0 Å². The van der Waals surface area contributed by atoms with Crippen molar-refractivity contribution in [3.8, 4) is 0 Å². The maximum absolute atomic E-state index is 13.2. The molecule has 0 radical (unpaired) electrons. The van der Waals surface area contributed by atoms with Crippen LogP contribution in [0.4, 0.5) is 17.6 Å². The van der Waals surface area contributed by atoms with Crippen LogP contribution in [0.15, 0.2) is 0 Å². The number of nitrogens with zero attached hydrogens (tertiary/aromatic N) is 2. The highest BCUT2D eigenvalue weighted by Gasteiger charge is 2.54. The van der Waals surface area contributed by atoms with E-state index in [2.05, 4.69) is 5.32 Å². The summed E-state index contributed by atoms with van der Waals surface area (Å²) < 4.78 is 51.0. The van der Waals surface area contributed by atoms with Gasteiger partial charge in [-0.3, -0.25) is 9.59 Å². The molecule has 1 atom stereocenters. The van der Waals surface area contributed by atoms with Crippen molar-refractivity contribution < 1.29 is 27.2 Å². The van der Waals surface area contributed by atoms with Crippen LogP contribution in [-0.2, 0) is 9.59 Å². The monoisotopic (exact) mass is 311 g/mol. The molecular weight excluding hydrogens is 294 g/mol. The van der Waals surface area contributed by atoms with Crippen molar-refractivity contribution in [2.45, 2.75) is 31.2 Å². The Labute approximate surface area is 119 Å². The van der Waals surface area contributed by atoms with Gasteiger partial charge in [-0.1, -0.05) is 0 Å². The highest BCUT2D eigenvalue weighted by atomic mass is 19.3. The number of likely N-dealkylation sites (tertiary alicyclic amines) is 1. The third-order valence-corrected chi connectivity index (χ3v) is 3.79. The summed E-state index contributed by atoms with van der Waals surface area (Å²) in [5, 5.41) is 3.04. The number of rotatable bonds is 3. The van der Waals surface area contributed by atoms with E-state index in [-0.39, 0.29) is 13.0 Å². The second-order valence-corrected chi connectivity index (χ2v) is 5.16. The van der Waals surface area contributed by atoms with Crippen LogP contribution in [0.1, 0.15) is 12.8 Å². The first-order chi connectivity index (χ1) is 9.85. The molecule has 2 rings (SSSR count). The van der Waals surface area contributed by atoms with Crippen molar-refractivity contribution in [3.63, 3.8) is 0 Å². The average molecular weight is 311 g/mol. The van der Waals surface area contributed by atoms with Gasteiger partial charge in [-0.25, -0.2) is 8.78 Å². The van der Waals surface area contributed by atoms with Crippen LogP contribution in [0, 0.1) is 0 Å². The molecule has 0 aliphatic carbocycles. The number of alkyl halides is 4. The number of hydrogen-bond acceptors (Lipinski definition) is 3. The van der Waals surface area contributed by atoms with E-state index in [0.717, 1.165) is 0 Å². The van der Waals surface area contributed by atoms with Crippen LogP contribution in [0.3, 0.4) is 0 Å². The minimum Gasteiger partial charge on any atom is -0.338 e. The number of halogens is 4. The van der Waals surface area contributed by atoms with Gasteiger partial charge in [0, 0.05) is 32.7 Å². The Morgan fingerprint density at radius 3 is 2.33 bits per heavy atom.